The van der Waals surface area contributed by atoms with Crippen molar-refractivity contribution >= 4 is 0 Å². The van der Waals surface area contributed by atoms with E-state index in [-0.39, 0.29) is 6.10 Å². The van der Waals surface area contributed by atoms with Crippen LogP contribution in [-0.4, -0.2) is 18.8 Å². The van der Waals surface area contributed by atoms with Crippen LogP contribution in [-0.2, 0) is 15.6 Å². The lowest BCUT2D eigenvalue weighted by Crippen LogP contribution is -2.52. The summed E-state index contributed by atoms with van der Waals surface area (Å²) in [5.41, 5.74) is 4.32. The number of rotatable bonds is 6. The molecule has 184 valence electrons. The predicted octanol–water partition coefficient (Wildman–Crippen LogP) is 7.42. The Hall–Kier alpha value is -1.02. The van der Waals surface area contributed by atoms with Gasteiger partial charge in [-0.2, -0.15) is 0 Å². The van der Waals surface area contributed by atoms with Gasteiger partial charge in [0.05, 0.1) is 6.61 Å². The third kappa shape index (κ3) is 3.15. The lowest BCUT2D eigenvalue weighted by Gasteiger charge is -2.61. The zero-order valence-corrected chi connectivity index (χ0v) is 21.4. The maximum absolute atomic E-state index is 7.10. The van der Waals surface area contributed by atoms with Gasteiger partial charge in [0.1, 0.15) is 18.0 Å². The van der Waals surface area contributed by atoms with E-state index in [2.05, 4.69) is 32.0 Å². The monoisotopic (exact) mass is 460 g/mol. The van der Waals surface area contributed by atoms with Crippen LogP contribution in [0.1, 0.15) is 102 Å². The van der Waals surface area contributed by atoms with Gasteiger partial charge in [0.25, 0.3) is 0 Å². The molecule has 1 aromatic rings. The molecular formula is C32H44O2. The fourth-order valence-corrected chi connectivity index (χ4v) is 11.5. The standard InChI is InChI=1S/C32H44O2/c1-19(2)30(28-18-33-28)34-27-5-3-4-26(31-12-20-6-21(13-31)8-22(7-20)14-31)29(27)32-15-23-9-24(16-32)11-25(10-23)17-32/h3-5,19-25,28,30H,6-18H2,1-2H3. The molecule has 8 bridgehead atoms. The van der Waals surface area contributed by atoms with Crippen molar-refractivity contribution in [1.82, 2.24) is 0 Å². The van der Waals surface area contributed by atoms with Crippen molar-refractivity contribution in [1.29, 1.82) is 0 Å². The molecule has 0 N–H and O–H groups in total. The molecule has 8 aliphatic carbocycles. The summed E-state index contributed by atoms with van der Waals surface area (Å²) in [6.45, 7) is 5.52. The van der Waals surface area contributed by atoms with E-state index in [0.717, 1.165) is 42.1 Å². The molecule has 0 aromatic heterocycles. The Morgan fingerprint density at radius 3 is 1.65 bits per heavy atom. The van der Waals surface area contributed by atoms with Crippen molar-refractivity contribution in [3.63, 3.8) is 0 Å². The first kappa shape index (κ1) is 21.1. The molecule has 0 radical (unpaired) electrons. The number of benzene rings is 1. The van der Waals surface area contributed by atoms with Crippen LogP contribution < -0.4 is 4.74 Å². The molecule has 1 heterocycles. The smallest absolute Gasteiger partial charge is 0.129 e. The third-order valence-corrected chi connectivity index (χ3v) is 11.9. The van der Waals surface area contributed by atoms with Crippen LogP contribution in [0.15, 0.2) is 18.2 Å². The summed E-state index contributed by atoms with van der Waals surface area (Å²) in [4.78, 5) is 0. The molecule has 1 aliphatic heterocycles. The Morgan fingerprint density at radius 1 is 0.735 bits per heavy atom. The number of ether oxygens (including phenoxy) is 2. The quantitative estimate of drug-likeness (QED) is 0.412. The van der Waals surface area contributed by atoms with Gasteiger partial charge in [-0.1, -0.05) is 26.0 Å². The molecule has 0 amide bonds. The summed E-state index contributed by atoms with van der Waals surface area (Å²) in [5.74, 6) is 7.63. The van der Waals surface area contributed by atoms with E-state index in [1.807, 2.05) is 0 Å². The van der Waals surface area contributed by atoms with Gasteiger partial charge in [0, 0.05) is 11.0 Å². The highest BCUT2D eigenvalue weighted by Crippen LogP contribution is 2.66. The van der Waals surface area contributed by atoms with Gasteiger partial charge in [0.2, 0.25) is 0 Å². The normalized spacial score (nSPS) is 48.5. The van der Waals surface area contributed by atoms with Gasteiger partial charge < -0.3 is 9.47 Å². The maximum Gasteiger partial charge on any atom is 0.129 e. The van der Waals surface area contributed by atoms with Gasteiger partial charge in [0.15, 0.2) is 0 Å². The molecule has 1 aromatic carbocycles. The molecule has 0 spiro atoms. The summed E-state index contributed by atoms with van der Waals surface area (Å²) >= 11 is 0. The minimum atomic E-state index is 0.194. The van der Waals surface area contributed by atoms with Gasteiger partial charge in [-0.15, -0.1) is 0 Å². The second-order valence-electron chi connectivity index (χ2n) is 14.8. The molecule has 2 atom stereocenters. The van der Waals surface area contributed by atoms with E-state index < -0.39 is 0 Å². The van der Waals surface area contributed by atoms with E-state index in [9.17, 15) is 0 Å². The van der Waals surface area contributed by atoms with Crippen molar-refractivity contribution in [3.8, 4) is 5.75 Å². The predicted molar refractivity (Wildman–Crippen MR) is 135 cm³/mol. The van der Waals surface area contributed by atoms with E-state index in [4.69, 9.17) is 9.47 Å². The molecule has 2 nitrogen and oxygen atoms in total. The highest BCUT2D eigenvalue weighted by Gasteiger charge is 2.57. The SMILES string of the molecule is CC(C)C(Oc1cccc(C23CC4CC(CC(C4)C2)C3)c1C12CC3CC(CC(C3)C1)C2)C1CO1. The third-order valence-electron chi connectivity index (χ3n) is 11.9. The maximum atomic E-state index is 7.10. The van der Waals surface area contributed by atoms with Crippen molar-refractivity contribution in [2.24, 2.45) is 41.4 Å². The topological polar surface area (TPSA) is 21.8 Å². The van der Waals surface area contributed by atoms with E-state index in [0.29, 0.717) is 22.9 Å². The Kier molecular flexibility index (Phi) is 4.51. The highest BCUT2D eigenvalue weighted by atomic mass is 16.6. The Labute approximate surface area is 206 Å². The Bertz CT molecular complexity index is 899. The van der Waals surface area contributed by atoms with Crippen LogP contribution in [0.4, 0.5) is 0 Å². The second-order valence-corrected chi connectivity index (χ2v) is 14.8. The fourth-order valence-electron chi connectivity index (χ4n) is 11.5. The van der Waals surface area contributed by atoms with Crippen LogP contribution in [0.3, 0.4) is 0 Å². The van der Waals surface area contributed by atoms with E-state index in [1.54, 1.807) is 11.1 Å². The summed E-state index contributed by atoms with van der Waals surface area (Å²) < 4.78 is 12.9. The van der Waals surface area contributed by atoms with Crippen molar-refractivity contribution in [2.75, 3.05) is 6.61 Å². The van der Waals surface area contributed by atoms with Crippen molar-refractivity contribution in [3.05, 3.63) is 29.3 Å². The fraction of sp³-hybridized carbons (Fsp3) is 0.812. The molecule has 2 unspecified atom stereocenters. The molecule has 34 heavy (non-hydrogen) atoms. The van der Waals surface area contributed by atoms with Gasteiger partial charge in [-0.25, -0.2) is 0 Å². The first-order valence-corrected chi connectivity index (χ1v) is 14.9. The zero-order valence-electron chi connectivity index (χ0n) is 21.4. The first-order chi connectivity index (χ1) is 16.5. The van der Waals surface area contributed by atoms with Gasteiger partial charge >= 0.3 is 0 Å². The average Bonchev–Trinajstić information content (AvgIpc) is 3.60. The highest BCUT2D eigenvalue weighted by molar-refractivity contribution is 5.51. The van der Waals surface area contributed by atoms with Crippen LogP contribution in [0.25, 0.3) is 0 Å². The molecule has 2 heteroatoms. The second kappa shape index (κ2) is 7.27. The molecule has 9 aliphatic rings. The number of epoxide rings is 1. The van der Waals surface area contributed by atoms with E-state index in [1.165, 1.54) is 82.8 Å². The van der Waals surface area contributed by atoms with Crippen LogP contribution >= 0.6 is 0 Å². The van der Waals surface area contributed by atoms with E-state index >= 15 is 0 Å². The molecule has 9 fully saturated rings. The largest absolute Gasteiger partial charge is 0.487 e. The van der Waals surface area contributed by atoms with Gasteiger partial charge in [-0.05, 0) is 136 Å². The number of hydrogen-bond donors (Lipinski definition) is 0. The molecular weight excluding hydrogens is 416 g/mol. The molecule has 1 saturated heterocycles. The van der Waals surface area contributed by atoms with Crippen LogP contribution in [0.5, 0.6) is 5.75 Å². The van der Waals surface area contributed by atoms with Crippen molar-refractivity contribution < 1.29 is 9.47 Å². The van der Waals surface area contributed by atoms with Crippen molar-refractivity contribution in [2.45, 2.75) is 114 Å². The Balaban J connectivity index is 1.28. The van der Waals surface area contributed by atoms with Crippen LogP contribution in [0.2, 0.25) is 0 Å². The minimum absolute atomic E-state index is 0.194. The van der Waals surface area contributed by atoms with Gasteiger partial charge in [-0.3, -0.25) is 0 Å². The summed E-state index contributed by atoms with van der Waals surface area (Å²) in [6.07, 6.45) is 18.3. The summed E-state index contributed by atoms with van der Waals surface area (Å²) in [7, 11) is 0. The molecule has 8 saturated carbocycles. The number of hydrogen-bond acceptors (Lipinski definition) is 2. The zero-order chi connectivity index (χ0) is 22.7. The Morgan fingerprint density at radius 2 is 1.21 bits per heavy atom. The average molecular weight is 461 g/mol. The molecule has 10 rings (SSSR count). The lowest BCUT2D eigenvalue weighted by atomic mass is 9.44. The summed E-state index contributed by atoms with van der Waals surface area (Å²) in [6, 6.07) is 7.35. The van der Waals surface area contributed by atoms with Crippen LogP contribution in [0, 0.1) is 41.4 Å². The first-order valence-electron chi connectivity index (χ1n) is 14.9. The lowest BCUT2D eigenvalue weighted by molar-refractivity contribution is -0.0193. The summed E-state index contributed by atoms with van der Waals surface area (Å²) in [5, 5.41) is 0. The minimum Gasteiger partial charge on any atom is -0.487 e.